The van der Waals surface area contributed by atoms with Crippen LogP contribution < -0.4 is 5.32 Å². The van der Waals surface area contributed by atoms with E-state index in [1.807, 2.05) is 25.1 Å². The minimum absolute atomic E-state index is 0.0374. The molecule has 112 valence electrons. The molecule has 6 heteroatoms. The number of thiazole rings is 1. The van der Waals surface area contributed by atoms with Gasteiger partial charge in [-0.2, -0.15) is 0 Å². The maximum atomic E-state index is 11.6. The second-order valence-electron chi connectivity index (χ2n) is 4.61. The van der Waals surface area contributed by atoms with Crippen LogP contribution in [-0.2, 0) is 11.2 Å². The van der Waals surface area contributed by atoms with Crippen LogP contribution in [0.1, 0.15) is 28.4 Å². The molecule has 2 rings (SSSR count). The number of unbranched alkanes of at least 4 members (excludes halogenated alkanes) is 1. The summed E-state index contributed by atoms with van der Waals surface area (Å²) in [6.07, 6.45) is 6.44. The number of halogens is 1. The number of hydrogen-bond acceptors (Lipinski definition) is 4. The van der Waals surface area contributed by atoms with Crippen LogP contribution in [0.15, 0.2) is 27.4 Å². The van der Waals surface area contributed by atoms with Gasteiger partial charge in [-0.05, 0) is 60.3 Å². The van der Waals surface area contributed by atoms with Crippen LogP contribution in [0.3, 0.4) is 0 Å². The molecule has 0 aliphatic carbocycles. The van der Waals surface area contributed by atoms with Crippen molar-refractivity contribution in [3.05, 3.63) is 43.0 Å². The Balaban J connectivity index is 1.60. The molecule has 0 aliphatic rings. The Kier molecular flexibility index (Phi) is 6.60. The highest BCUT2D eigenvalue weighted by atomic mass is 79.9. The lowest BCUT2D eigenvalue weighted by Crippen LogP contribution is -2.22. The van der Waals surface area contributed by atoms with Gasteiger partial charge in [0.2, 0.25) is 5.91 Å². The van der Waals surface area contributed by atoms with Crippen LogP contribution >= 0.6 is 38.6 Å². The van der Waals surface area contributed by atoms with E-state index in [1.165, 1.54) is 5.01 Å². The van der Waals surface area contributed by atoms with E-state index in [9.17, 15) is 4.79 Å². The molecule has 1 N–H and O–H groups in total. The number of amides is 1. The minimum Gasteiger partial charge on any atom is -0.353 e. The zero-order chi connectivity index (χ0) is 15.1. The molecular formula is C15H17BrN2OS2. The second kappa shape index (κ2) is 8.46. The summed E-state index contributed by atoms with van der Waals surface area (Å²) in [5.74, 6) is -0.0374. The molecule has 0 saturated carbocycles. The molecule has 0 unspecified atom stereocenters. The van der Waals surface area contributed by atoms with E-state index in [1.54, 1.807) is 28.7 Å². The van der Waals surface area contributed by atoms with Crippen molar-refractivity contribution >= 4 is 50.6 Å². The average Bonchev–Trinajstić information content (AvgIpc) is 3.05. The van der Waals surface area contributed by atoms with Crippen LogP contribution in [0.5, 0.6) is 0 Å². The van der Waals surface area contributed by atoms with Gasteiger partial charge in [-0.15, -0.1) is 22.7 Å². The summed E-state index contributed by atoms with van der Waals surface area (Å²) in [5, 5.41) is 6.16. The lowest BCUT2D eigenvalue weighted by Gasteiger charge is -2.01. The Morgan fingerprint density at radius 3 is 2.95 bits per heavy atom. The van der Waals surface area contributed by atoms with E-state index in [4.69, 9.17) is 0 Å². The van der Waals surface area contributed by atoms with Crippen LogP contribution in [0.2, 0.25) is 0 Å². The van der Waals surface area contributed by atoms with Gasteiger partial charge in [-0.1, -0.05) is 0 Å². The highest BCUT2D eigenvalue weighted by molar-refractivity contribution is 9.11. The van der Waals surface area contributed by atoms with Gasteiger partial charge in [0, 0.05) is 28.6 Å². The first kappa shape index (κ1) is 16.4. The summed E-state index contributed by atoms with van der Waals surface area (Å²) in [4.78, 5) is 17.1. The van der Waals surface area contributed by atoms with Crippen LogP contribution in [0, 0.1) is 6.92 Å². The van der Waals surface area contributed by atoms with Crippen molar-refractivity contribution in [1.29, 1.82) is 0 Å². The summed E-state index contributed by atoms with van der Waals surface area (Å²) in [6, 6.07) is 3.96. The molecule has 2 aromatic heterocycles. The number of nitrogens with one attached hydrogen (secondary N) is 1. The number of rotatable bonds is 7. The minimum atomic E-state index is -0.0374. The zero-order valence-electron chi connectivity index (χ0n) is 11.8. The number of hydrogen-bond donors (Lipinski definition) is 1. The van der Waals surface area contributed by atoms with Gasteiger partial charge >= 0.3 is 0 Å². The quantitative estimate of drug-likeness (QED) is 0.566. The summed E-state index contributed by atoms with van der Waals surface area (Å²) in [6.45, 7) is 2.72. The Hall–Kier alpha value is -0.980. The number of carbonyl (C=O) groups excluding carboxylic acids is 1. The van der Waals surface area contributed by atoms with Crippen molar-refractivity contribution in [1.82, 2.24) is 10.3 Å². The van der Waals surface area contributed by atoms with Gasteiger partial charge in [-0.3, -0.25) is 4.79 Å². The van der Waals surface area contributed by atoms with Gasteiger partial charge in [0.05, 0.1) is 8.79 Å². The first-order chi connectivity index (χ1) is 10.1. The van der Waals surface area contributed by atoms with Crippen molar-refractivity contribution in [2.45, 2.75) is 26.2 Å². The molecule has 0 atom stereocenters. The van der Waals surface area contributed by atoms with Gasteiger partial charge in [0.25, 0.3) is 0 Å². The van der Waals surface area contributed by atoms with E-state index in [0.717, 1.165) is 33.6 Å². The highest BCUT2D eigenvalue weighted by Gasteiger charge is 2.00. The van der Waals surface area contributed by atoms with E-state index in [2.05, 4.69) is 31.6 Å². The fourth-order valence-corrected chi connectivity index (χ4v) is 3.91. The number of carbonyl (C=O) groups is 1. The van der Waals surface area contributed by atoms with Crippen molar-refractivity contribution in [3.8, 4) is 0 Å². The third-order valence-electron chi connectivity index (χ3n) is 2.78. The van der Waals surface area contributed by atoms with Gasteiger partial charge in [0.15, 0.2) is 0 Å². The molecule has 1 amide bonds. The van der Waals surface area contributed by atoms with Crippen molar-refractivity contribution in [2.75, 3.05) is 6.54 Å². The Morgan fingerprint density at radius 1 is 1.43 bits per heavy atom. The fourth-order valence-electron chi connectivity index (χ4n) is 1.76. The topological polar surface area (TPSA) is 42.0 Å². The SMILES string of the molecule is Cc1csc(CCCCNC(=O)/C=C/c2ccc(Br)s2)n1. The van der Waals surface area contributed by atoms with Crippen molar-refractivity contribution in [2.24, 2.45) is 0 Å². The fraction of sp³-hybridized carbons (Fsp3) is 0.333. The summed E-state index contributed by atoms with van der Waals surface area (Å²) in [5.41, 5.74) is 1.09. The van der Waals surface area contributed by atoms with Gasteiger partial charge in [-0.25, -0.2) is 4.98 Å². The monoisotopic (exact) mass is 384 g/mol. The lowest BCUT2D eigenvalue weighted by atomic mass is 10.2. The predicted molar refractivity (Wildman–Crippen MR) is 93.9 cm³/mol. The molecule has 0 aliphatic heterocycles. The van der Waals surface area contributed by atoms with Crippen LogP contribution in [0.25, 0.3) is 6.08 Å². The van der Waals surface area contributed by atoms with Crippen molar-refractivity contribution < 1.29 is 4.79 Å². The molecule has 21 heavy (non-hydrogen) atoms. The standard InChI is InChI=1S/C15H17BrN2OS2/c1-11-10-20-15(18-11)4-2-3-9-17-14(19)8-6-12-5-7-13(16)21-12/h5-8,10H,2-4,9H2,1H3,(H,17,19)/b8-6+. The second-order valence-corrected chi connectivity index (χ2v) is 8.04. The first-order valence-corrected chi connectivity index (χ1v) is 9.24. The molecular weight excluding hydrogens is 368 g/mol. The van der Waals surface area contributed by atoms with Crippen LogP contribution in [0.4, 0.5) is 0 Å². The van der Waals surface area contributed by atoms with Crippen molar-refractivity contribution in [3.63, 3.8) is 0 Å². The molecule has 3 nitrogen and oxygen atoms in total. The van der Waals surface area contributed by atoms with E-state index in [0.29, 0.717) is 6.54 Å². The lowest BCUT2D eigenvalue weighted by molar-refractivity contribution is -0.116. The molecule has 0 saturated heterocycles. The molecule has 0 aromatic carbocycles. The molecule has 2 aromatic rings. The molecule has 0 bridgehead atoms. The average molecular weight is 385 g/mol. The van der Waals surface area contributed by atoms with E-state index < -0.39 is 0 Å². The maximum absolute atomic E-state index is 11.6. The number of aryl methyl sites for hydroxylation is 2. The summed E-state index contributed by atoms with van der Waals surface area (Å²) >= 11 is 6.71. The predicted octanol–water partition coefficient (Wildman–Crippen LogP) is 4.43. The number of nitrogens with zero attached hydrogens (tertiary/aromatic N) is 1. The largest absolute Gasteiger partial charge is 0.353 e. The highest BCUT2D eigenvalue weighted by Crippen LogP contribution is 2.22. The van der Waals surface area contributed by atoms with Crippen LogP contribution in [-0.4, -0.2) is 17.4 Å². The first-order valence-electron chi connectivity index (χ1n) is 6.76. The molecule has 2 heterocycles. The summed E-state index contributed by atoms with van der Waals surface area (Å²) < 4.78 is 1.07. The molecule has 0 spiro atoms. The Morgan fingerprint density at radius 2 is 2.29 bits per heavy atom. The van der Waals surface area contributed by atoms with Gasteiger partial charge in [0.1, 0.15) is 0 Å². The third kappa shape index (κ3) is 6.11. The molecule has 0 radical (unpaired) electrons. The van der Waals surface area contributed by atoms with Gasteiger partial charge < -0.3 is 5.32 Å². The number of thiophene rings is 1. The smallest absolute Gasteiger partial charge is 0.244 e. The maximum Gasteiger partial charge on any atom is 0.244 e. The molecule has 0 fully saturated rings. The Labute approximate surface area is 141 Å². The zero-order valence-corrected chi connectivity index (χ0v) is 15.0. The van der Waals surface area contributed by atoms with E-state index in [-0.39, 0.29) is 5.91 Å². The summed E-state index contributed by atoms with van der Waals surface area (Å²) in [7, 11) is 0. The van der Waals surface area contributed by atoms with E-state index >= 15 is 0 Å². The third-order valence-corrected chi connectivity index (χ3v) is 5.39. The normalized spacial score (nSPS) is 11.1. The number of aromatic nitrogens is 1. The Bertz CT molecular complexity index is 619.